The Morgan fingerprint density at radius 1 is 1.33 bits per heavy atom. The molecule has 1 aromatic rings. The van der Waals surface area contributed by atoms with Crippen LogP contribution in [-0.2, 0) is 10.0 Å². The van der Waals surface area contributed by atoms with Crippen LogP contribution in [0.15, 0.2) is 23.1 Å². The SMILES string of the molecule is COc1ccc(C)cc1S(=O)(=O)NCCC(C)C. The molecule has 0 aliphatic heterocycles. The molecule has 0 spiro atoms. The summed E-state index contributed by atoms with van der Waals surface area (Å²) in [4.78, 5) is 0.203. The molecule has 0 unspecified atom stereocenters. The van der Waals surface area contributed by atoms with E-state index in [1.807, 2.05) is 13.0 Å². The van der Waals surface area contributed by atoms with Crippen LogP contribution >= 0.6 is 0 Å². The summed E-state index contributed by atoms with van der Waals surface area (Å²) in [6.07, 6.45) is 0.813. The molecule has 1 aromatic carbocycles. The first kappa shape index (κ1) is 15.0. The van der Waals surface area contributed by atoms with Gasteiger partial charge in [-0.1, -0.05) is 19.9 Å². The lowest BCUT2D eigenvalue weighted by atomic mass is 10.1. The number of rotatable bonds is 6. The monoisotopic (exact) mass is 271 g/mol. The van der Waals surface area contributed by atoms with Crippen LogP contribution in [0.25, 0.3) is 0 Å². The Kier molecular flexibility index (Phi) is 5.16. The largest absolute Gasteiger partial charge is 0.495 e. The maximum absolute atomic E-state index is 12.2. The van der Waals surface area contributed by atoms with E-state index in [-0.39, 0.29) is 4.90 Å². The maximum atomic E-state index is 12.2. The van der Waals surface area contributed by atoms with Crippen LogP contribution in [0.3, 0.4) is 0 Å². The Hall–Kier alpha value is -1.07. The van der Waals surface area contributed by atoms with Crippen LogP contribution in [0, 0.1) is 12.8 Å². The first-order valence-electron chi connectivity index (χ1n) is 6.01. The van der Waals surface area contributed by atoms with Crippen LogP contribution in [0.5, 0.6) is 5.75 Å². The first-order chi connectivity index (χ1) is 8.36. The molecule has 0 saturated heterocycles. The van der Waals surface area contributed by atoms with E-state index in [9.17, 15) is 8.42 Å². The third kappa shape index (κ3) is 3.99. The number of aryl methyl sites for hydroxylation is 1. The number of hydrogen-bond acceptors (Lipinski definition) is 3. The highest BCUT2D eigenvalue weighted by Gasteiger charge is 2.19. The number of methoxy groups -OCH3 is 1. The van der Waals surface area contributed by atoms with Crippen molar-refractivity contribution in [3.8, 4) is 5.75 Å². The fourth-order valence-electron chi connectivity index (χ4n) is 1.55. The minimum absolute atomic E-state index is 0.203. The smallest absolute Gasteiger partial charge is 0.244 e. The van der Waals surface area contributed by atoms with Gasteiger partial charge < -0.3 is 4.74 Å². The number of ether oxygens (including phenoxy) is 1. The van der Waals surface area contributed by atoms with Crippen LogP contribution in [-0.4, -0.2) is 22.1 Å². The summed E-state index contributed by atoms with van der Waals surface area (Å²) in [6.45, 7) is 6.41. The van der Waals surface area contributed by atoms with Crippen molar-refractivity contribution < 1.29 is 13.2 Å². The summed E-state index contributed by atoms with van der Waals surface area (Å²) < 4.78 is 32.0. The van der Waals surface area contributed by atoms with Crippen molar-refractivity contribution in [1.29, 1.82) is 0 Å². The molecular formula is C13H21NO3S. The van der Waals surface area contributed by atoms with Gasteiger partial charge in [0.05, 0.1) is 7.11 Å². The summed E-state index contributed by atoms with van der Waals surface area (Å²) in [5.41, 5.74) is 0.889. The van der Waals surface area contributed by atoms with Gasteiger partial charge in [0.25, 0.3) is 0 Å². The molecule has 0 aliphatic rings. The molecule has 0 aliphatic carbocycles. The molecule has 4 nitrogen and oxygen atoms in total. The van der Waals surface area contributed by atoms with Gasteiger partial charge in [0.2, 0.25) is 10.0 Å². The van der Waals surface area contributed by atoms with Crippen LogP contribution in [0.2, 0.25) is 0 Å². The van der Waals surface area contributed by atoms with Gasteiger partial charge in [0, 0.05) is 6.54 Å². The van der Waals surface area contributed by atoms with Crippen molar-refractivity contribution in [1.82, 2.24) is 4.72 Å². The zero-order chi connectivity index (χ0) is 13.8. The van der Waals surface area contributed by atoms with Crippen LogP contribution < -0.4 is 9.46 Å². The first-order valence-corrected chi connectivity index (χ1v) is 7.49. The fourth-order valence-corrected chi connectivity index (χ4v) is 2.85. The predicted octanol–water partition coefficient (Wildman–Crippen LogP) is 2.33. The number of nitrogens with one attached hydrogen (secondary N) is 1. The maximum Gasteiger partial charge on any atom is 0.244 e. The lowest BCUT2D eigenvalue weighted by Crippen LogP contribution is -2.26. The van der Waals surface area contributed by atoms with Crippen LogP contribution in [0.4, 0.5) is 0 Å². The molecule has 102 valence electrons. The molecule has 1 rings (SSSR count). The van der Waals surface area contributed by atoms with Gasteiger partial charge in [-0.2, -0.15) is 0 Å². The van der Waals surface area contributed by atoms with Gasteiger partial charge in [0.1, 0.15) is 10.6 Å². The highest BCUT2D eigenvalue weighted by atomic mass is 32.2. The van der Waals surface area contributed by atoms with Crippen molar-refractivity contribution >= 4 is 10.0 Å². The number of hydrogen-bond donors (Lipinski definition) is 1. The third-order valence-electron chi connectivity index (χ3n) is 2.62. The second-order valence-electron chi connectivity index (χ2n) is 4.73. The van der Waals surface area contributed by atoms with Crippen molar-refractivity contribution in [2.24, 2.45) is 5.92 Å². The molecular weight excluding hydrogens is 250 g/mol. The summed E-state index contributed by atoms with van der Waals surface area (Å²) in [7, 11) is -2.03. The van der Waals surface area contributed by atoms with Crippen molar-refractivity contribution in [2.45, 2.75) is 32.1 Å². The van der Waals surface area contributed by atoms with Crippen molar-refractivity contribution in [3.05, 3.63) is 23.8 Å². The average Bonchev–Trinajstić information content (AvgIpc) is 2.28. The fraction of sp³-hybridized carbons (Fsp3) is 0.538. The zero-order valence-electron chi connectivity index (χ0n) is 11.4. The highest BCUT2D eigenvalue weighted by molar-refractivity contribution is 7.89. The standard InChI is InChI=1S/C13H21NO3S/c1-10(2)7-8-14-18(15,16)13-9-11(3)5-6-12(13)17-4/h5-6,9-10,14H,7-8H2,1-4H3. The Morgan fingerprint density at radius 3 is 2.56 bits per heavy atom. The minimum Gasteiger partial charge on any atom is -0.495 e. The second kappa shape index (κ2) is 6.20. The molecule has 0 fully saturated rings. The molecule has 1 N–H and O–H groups in total. The Balaban J connectivity index is 2.93. The molecule has 0 bridgehead atoms. The van der Waals surface area contributed by atoms with Crippen molar-refractivity contribution in [3.63, 3.8) is 0 Å². The average molecular weight is 271 g/mol. The topological polar surface area (TPSA) is 55.4 Å². The Bertz CT molecular complexity index is 495. The lowest BCUT2D eigenvalue weighted by Gasteiger charge is -2.12. The molecule has 18 heavy (non-hydrogen) atoms. The Morgan fingerprint density at radius 2 is 2.00 bits per heavy atom. The molecule has 0 atom stereocenters. The van der Waals surface area contributed by atoms with E-state index in [0.717, 1.165) is 12.0 Å². The summed E-state index contributed by atoms with van der Waals surface area (Å²) in [6, 6.07) is 5.12. The summed E-state index contributed by atoms with van der Waals surface area (Å²) in [5, 5.41) is 0. The summed E-state index contributed by atoms with van der Waals surface area (Å²) >= 11 is 0. The van der Waals surface area contributed by atoms with Gasteiger partial charge in [-0.3, -0.25) is 0 Å². The van der Waals surface area contributed by atoms with E-state index >= 15 is 0 Å². The molecule has 5 heteroatoms. The van der Waals surface area contributed by atoms with E-state index in [2.05, 4.69) is 18.6 Å². The quantitative estimate of drug-likeness (QED) is 0.864. The van der Waals surface area contributed by atoms with Crippen molar-refractivity contribution in [2.75, 3.05) is 13.7 Å². The van der Waals surface area contributed by atoms with Gasteiger partial charge in [-0.15, -0.1) is 0 Å². The van der Waals surface area contributed by atoms with Crippen LogP contribution in [0.1, 0.15) is 25.8 Å². The molecule has 0 radical (unpaired) electrons. The van der Waals surface area contributed by atoms with E-state index in [0.29, 0.717) is 18.2 Å². The van der Waals surface area contributed by atoms with Gasteiger partial charge in [-0.05, 0) is 37.0 Å². The minimum atomic E-state index is -3.50. The van der Waals surface area contributed by atoms with Gasteiger partial charge in [-0.25, -0.2) is 13.1 Å². The predicted molar refractivity (Wildman–Crippen MR) is 72.4 cm³/mol. The molecule has 0 amide bonds. The van der Waals surface area contributed by atoms with E-state index < -0.39 is 10.0 Å². The summed E-state index contributed by atoms with van der Waals surface area (Å²) in [5.74, 6) is 0.838. The third-order valence-corrected chi connectivity index (χ3v) is 4.10. The second-order valence-corrected chi connectivity index (χ2v) is 6.47. The highest BCUT2D eigenvalue weighted by Crippen LogP contribution is 2.24. The zero-order valence-corrected chi connectivity index (χ0v) is 12.2. The van der Waals surface area contributed by atoms with E-state index in [1.165, 1.54) is 7.11 Å². The molecule has 0 heterocycles. The lowest BCUT2D eigenvalue weighted by molar-refractivity contribution is 0.402. The van der Waals surface area contributed by atoms with Gasteiger partial charge in [0.15, 0.2) is 0 Å². The molecule has 0 aromatic heterocycles. The van der Waals surface area contributed by atoms with E-state index in [4.69, 9.17) is 4.74 Å². The van der Waals surface area contributed by atoms with E-state index in [1.54, 1.807) is 12.1 Å². The number of sulfonamides is 1. The van der Waals surface area contributed by atoms with Gasteiger partial charge >= 0.3 is 0 Å². The normalized spacial score (nSPS) is 11.8. The molecule has 0 saturated carbocycles. The Labute approximate surface area is 109 Å². The number of benzene rings is 1.